The number of ether oxygens (including phenoxy) is 1. The quantitative estimate of drug-likeness (QED) is 0.708. The smallest absolute Gasteiger partial charge is 0.336 e. The van der Waals surface area contributed by atoms with Gasteiger partial charge in [0.2, 0.25) is 0 Å². The van der Waals surface area contributed by atoms with E-state index in [1.54, 1.807) is 29.2 Å². The lowest BCUT2D eigenvalue weighted by Gasteiger charge is -2.41. The van der Waals surface area contributed by atoms with Crippen molar-refractivity contribution in [1.82, 2.24) is 9.80 Å². The zero-order chi connectivity index (χ0) is 22.3. The minimum absolute atomic E-state index is 0.0256. The number of aliphatic hydroxyl groups excluding tert-OH is 1. The van der Waals surface area contributed by atoms with Crippen LogP contribution in [-0.4, -0.2) is 80.0 Å². The number of hydrogen-bond acceptors (Lipinski definition) is 6. The molecule has 0 spiro atoms. The van der Waals surface area contributed by atoms with Gasteiger partial charge in [0, 0.05) is 25.4 Å². The molecule has 9 heteroatoms. The van der Waals surface area contributed by atoms with Crippen molar-refractivity contribution in [1.29, 1.82) is 0 Å². The Morgan fingerprint density at radius 1 is 1.06 bits per heavy atom. The second kappa shape index (κ2) is 8.27. The topological polar surface area (TPSA) is 104 Å². The van der Waals surface area contributed by atoms with E-state index in [2.05, 4.69) is 0 Å². The van der Waals surface area contributed by atoms with Gasteiger partial charge in [-0.25, -0.2) is 18.0 Å². The van der Waals surface area contributed by atoms with Gasteiger partial charge in [-0.1, -0.05) is 12.1 Å². The number of carbonyl (C=O) groups is 2. The molecule has 2 amide bonds. The van der Waals surface area contributed by atoms with Gasteiger partial charge < -0.3 is 19.6 Å². The Bertz CT molecular complexity index is 1010. The van der Waals surface area contributed by atoms with Crippen molar-refractivity contribution < 1.29 is 27.9 Å². The molecule has 168 valence electrons. The summed E-state index contributed by atoms with van der Waals surface area (Å²) in [6.07, 6.45) is 3.90. The summed E-state index contributed by atoms with van der Waals surface area (Å²) in [6.45, 7) is 1.01. The van der Waals surface area contributed by atoms with Crippen LogP contribution in [0.25, 0.3) is 5.57 Å². The lowest BCUT2D eigenvalue weighted by atomic mass is 9.88. The molecule has 3 aliphatic rings. The molecular formula is C22H28N2O6S. The molecule has 2 bridgehead atoms. The van der Waals surface area contributed by atoms with Gasteiger partial charge in [0.05, 0.1) is 29.7 Å². The number of likely N-dealkylation sites (tertiary alicyclic amines) is 1. The average molecular weight is 449 g/mol. The first-order chi connectivity index (χ1) is 14.7. The van der Waals surface area contributed by atoms with Crippen molar-refractivity contribution in [2.45, 2.75) is 55.2 Å². The predicted molar refractivity (Wildman–Crippen MR) is 114 cm³/mol. The Morgan fingerprint density at radius 3 is 2.29 bits per heavy atom. The number of fused-ring (bicyclic) bond motifs is 2. The molecule has 0 aliphatic carbocycles. The number of hydrogen-bond donors (Lipinski definition) is 1. The first-order valence-electron chi connectivity index (χ1n) is 10.6. The predicted octanol–water partition coefficient (Wildman–Crippen LogP) is 1.83. The van der Waals surface area contributed by atoms with Gasteiger partial charge in [-0.15, -0.1) is 0 Å². The summed E-state index contributed by atoms with van der Waals surface area (Å²) in [5.41, 5.74) is 2.07. The van der Waals surface area contributed by atoms with Crippen molar-refractivity contribution in [3.05, 3.63) is 35.4 Å². The fourth-order valence-electron chi connectivity index (χ4n) is 4.97. The van der Waals surface area contributed by atoms with Crippen LogP contribution >= 0.6 is 0 Å². The Labute approximate surface area is 182 Å². The summed E-state index contributed by atoms with van der Waals surface area (Å²) in [4.78, 5) is 29.9. The molecule has 4 rings (SSSR count). The third-order valence-electron chi connectivity index (χ3n) is 6.59. The molecule has 2 saturated heterocycles. The van der Waals surface area contributed by atoms with Crippen molar-refractivity contribution in [3.63, 3.8) is 0 Å². The number of carbonyl (C=O) groups excluding carboxylic acids is 2. The second-order valence-corrected chi connectivity index (χ2v) is 10.6. The van der Waals surface area contributed by atoms with E-state index in [1.165, 1.54) is 7.11 Å². The van der Waals surface area contributed by atoms with E-state index in [0.717, 1.165) is 23.8 Å². The number of nitrogens with zero attached hydrogens (tertiary/aromatic N) is 2. The monoisotopic (exact) mass is 448 g/mol. The molecule has 1 aromatic rings. The highest BCUT2D eigenvalue weighted by molar-refractivity contribution is 7.90. The summed E-state index contributed by atoms with van der Waals surface area (Å²) in [5.74, 6) is -0.459. The van der Waals surface area contributed by atoms with Crippen LogP contribution in [0.2, 0.25) is 0 Å². The van der Waals surface area contributed by atoms with Crippen molar-refractivity contribution in [3.8, 4) is 0 Å². The molecule has 0 saturated carbocycles. The normalized spacial score (nSPS) is 24.5. The molecule has 0 aromatic heterocycles. The second-order valence-electron chi connectivity index (χ2n) is 8.54. The number of urea groups is 1. The Balaban J connectivity index is 1.68. The third-order valence-corrected chi connectivity index (χ3v) is 7.72. The van der Waals surface area contributed by atoms with Crippen LogP contribution in [0.5, 0.6) is 0 Å². The third kappa shape index (κ3) is 4.08. The van der Waals surface area contributed by atoms with Crippen LogP contribution in [0, 0.1) is 0 Å². The molecule has 8 nitrogen and oxygen atoms in total. The molecule has 0 unspecified atom stereocenters. The molecular weight excluding hydrogens is 420 g/mol. The van der Waals surface area contributed by atoms with E-state index in [1.807, 2.05) is 4.90 Å². The van der Waals surface area contributed by atoms with E-state index in [9.17, 15) is 23.1 Å². The fraction of sp³-hybridized carbons (Fsp3) is 0.545. The standard InChI is InChI=1S/C22H28N2O6S/c1-30-21(26)20-18(14-3-6-17(7-4-14)31(2,28)29)13-15-5-8-19(20)24(15)22(27)23-11-9-16(25)10-12-23/h3-4,6-7,15-16,19,25H,5,8-13H2,1-2H3/t15-,19+/m0/s1. The Morgan fingerprint density at radius 2 is 1.71 bits per heavy atom. The van der Waals surface area contributed by atoms with E-state index < -0.39 is 15.8 Å². The number of aliphatic hydroxyl groups is 1. The van der Waals surface area contributed by atoms with Crippen LogP contribution in [0.1, 0.15) is 37.7 Å². The van der Waals surface area contributed by atoms with E-state index >= 15 is 0 Å². The zero-order valence-corrected chi connectivity index (χ0v) is 18.6. The lowest BCUT2D eigenvalue weighted by molar-refractivity contribution is -0.136. The maximum absolute atomic E-state index is 13.3. The van der Waals surface area contributed by atoms with Crippen molar-refractivity contribution in [2.75, 3.05) is 26.5 Å². The van der Waals surface area contributed by atoms with Gasteiger partial charge in [0.15, 0.2) is 9.84 Å². The molecule has 3 aliphatic heterocycles. The number of rotatable bonds is 3. The van der Waals surface area contributed by atoms with E-state index in [-0.39, 0.29) is 29.1 Å². The number of benzene rings is 1. The van der Waals surface area contributed by atoms with E-state index in [4.69, 9.17) is 4.74 Å². The van der Waals surface area contributed by atoms with Crippen LogP contribution in [0.3, 0.4) is 0 Å². The first kappa shape index (κ1) is 21.8. The van der Waals surface area contributed by atoms with Gasteiger partial charge in [0.1, 0.15) is 0 Å². The van der Waals surface area contributed by atoms with Gasteiger partial charge in [-0.3, -0.25) is 0 Å². The van der Waals surface area contributed by atoms with Crippen molar-refractivity contribution >= 4 is 27.4 Å². The average Bonchev–Trinajstić information content (AvgIpc) is 3.06. The van der Waals surface area contributed by atoms with Gasteiger partial charge in [0.25, 0.3) is 0 Å². The van der Waals surface area contributed by atoms with Crippen LogP contribution in [0.15, 0.2) is 34.7 Å². The van der Waals surface area contributed by atoms with E-state index in [0.29, 0.717) is 44.3 Å². The highest BCUT2D eigenvalue weighted by atomic mass is 32.2. The lowest BCUT2D eigenvalue weighted by Crippen LogP contribution is -2.54. The summed E-state index contributed by atoms with van der Waals surface area (Å²) < 4.78 is 28.7. The summed E-state index contributed by atoms with van der Waals surface area (Å²) in [6, 6.07) is 6.05. The zero-order valence-electron chi connectivity index (χ0n) is 17.8. The maximum Gasteiger partial charge on any atom is 0.336 e. The van der Waals surface area contributed by atoms with Crippen LogP contribution < -0.4 is 0 Å². The Hall–Kier alpha value is -2.39. The first-order valence-corrected chi connectivity index (χ1v) is 12.5. The highest BCUT2D eigenvalue weighted by Gasteiger charge is 2.47. The number of amides is 2. The molecule has 31 heavy (non-hydrogen) atoms. The van der Waals surface area contributed by atoms with Gasteiger partial charge >= 0.3 is 12.0 Å². The number of methoxy groups -OCH3 is 1. The van der Waals surface area contributed by atoms with Crippen LogP contribution in [0.4, 0.5) is 4.79 Å². The molecule has 1 aromatic carbocycles. The largest absolute Gasteiger partial charge is 0.466 e. The number of piperidine rings is 1. The Kier molecular flexibility index (Phi) is 5.83. The summed E-state index contributed by atoms with van der Waals surface area (Å²) in [5, 5.41) is 9.75. The highest BCUT2D eigenvalue weighted by Crippen LogP contribution is 2.44. The molecule has 3 heterocycles. The van der Waals surface area contributed by atoms with Gasteiger partial charge in [-0.2, -0.15) is 0 Å². The molecule has 1 N–H and O–H groups in total. The molecule has 0 radical (unpaired) electrons. The molecule has 2 atom stereocenters. The number of sulfone groups is 1. The minimum atomic E-state index is -3.31. The summed E-state index contributed by atoms with van der Waals surface area (Å²) in [7, 11) is -1.98. The van der Waals surface area contributed by atoms with Crippen molar-refractivity contribution in [2.24, 2.45) is 0 Å². The maximum atomic E-state index is 13.3. The fourth-order valence-corrected chi connectivity index (χ4v) is 5.60. The SMILES string of the molecule is COC(=O)C1=C(c2ccc(S(C)(=O)=O)cc2)C[C@@H]2CC[C@H]1N2C(=O)N1CCC(O)CC1. The minimum Gasteiger partial charge on any atom is -0.466 e. The van der Waals surface area contributed by atoms with Gasteiger partial charge in [-0.05, 0) is 55.4 Å². The number of esters is 1. The summed E-state index contributed by atoms with van der Waals surface area (Å²) >= 11 is 0. The molecule has 2 fully saturated rings. The van der Waals surface area contributed by atoms with Crippen LogP contribution in [-0.2, 0) is 19.4 Å².